The molecule has 2 amide bonds. The van der Waals surface area contributed by atoms with E-state index in [2.05, 4.69) is 5.32 Å². The molecule has 1 aromatic heterocycles. The average molecular weight is 527 g/mol. The van der Waals surface area contributed by atoms with Crippen molar-refractivity contribution in [2.24, 2.45) is 0 Å². The summed E-state index contributed by atoms with van der Waals surface area (Å²) in [5, 5.41) is 11.9. The van der Waals surface area contributed by atoms with E-state index >= 15 is 0 Å². The number of alkyl halides is 3. The lowest BCUT2D eigenvalue weighted by atomic mass is 9.96. The molecule has 2 aromatic rings. The van der Waals surface area contributed by atoms with Gasteiger partial charge in [0.15, 0.2) is 0 Å². The molecular formula is C24H28F3N3O7. The largest absolute Gasteiger partial charge is 0.466 e. The molecule has 2 N–H and O–H groups in total. The monoisotopic (exact) mass is 527 g/mol. The Morgan fingerprint density at radius 3 is 2.32 bits per heavy atom. The first-order valence-corrected chi connectivity index (χ1v) is 11.2. The number of rotatable bonds is 10. The molecule has 0 aliphatic rings. The Bertz CT molecular complexity index is 1160. The van der Waals surface area contributed by atoms with E-state index in [9.17, 15) is 37.6 Å². The zero-order chi connectivity index (χ0) is 27.8. The molecule has 1 aromatic carbocycles. The molecule has 10 nitrogen and oxygen atoms in total. The van der Waals surface area contributed by atoms with E-state index in [1.165, 1.54) is 19.9 Å². The standard InChI is InChI=1S/C24H28F3N3O7/c1-4-36-20(32)14-16-8-10-17(11-9-16)23(2,3)37-22(34)29(15-24(25,26)27)13-12-28-21(33)18-6-5-7-19(31)30(18)35/h5-11,35H,4,12-15H2,1-3H3,(H,28,33). The van der Waals surface area contributed by atoms with Crippen molar-refractivity contribution in [3.63, 3.8) is 0 Å². The number of esters is 1. The van der Waals surface area contributed by atoms with Crippen LogP contribution in [0.1, 0.15) is 42.4 Å². The topological polar surface area (TPSA) is 127 Å². The van der Waals surface area contributed by atoms with Crippen LogP contribution in [0.2, 0.25) is 0 Å². The minimum absolute atomic E-state index is 0.0365. The number of amides is 2. The zero-order valence-corrected chi connectivity index (χ0v) is 20.5. The summed E-state index contributed by atoms with van der Waals surface area (Å²) in [5.74, 6) is -1.34. The second kappa shape index (κ2) is 12.3. The SMILES string of the molecule is CCOC(=O)Cc1ccc(C(C)(C)OC(=O)N(CCNC(=O)c2cccc(=O)n2O)CC(F)(F)F)cc1. The van der Waals surface area contributed by atoms with Crippen molar-refractivity contribution in [3.05, 3.63) is 69.6 Å². The van der Waals surface area contributed by atoms with Crippen molar-refractivity contribution in [3.8, 4) is 0 Å². The zero-order valence-electron chi connectivity index (χ0n) is 20.5. The van der Waals surface area contributed by atoms with E-state index in [0.29, 0.717) is 16.0 Å². The van der Waals surface area contributed by atoms with Gasteiger partial charge < -0.3 is 20.0 Å². The third-order valence-corrected chi connectivity index (χ3v) is 5.10. The summed E-state index contributed by atoms with van der Waals surface area (Å²) in [6, 6.07) is 9.79. The van der Waals surface area contributed by atoms with Crippen LogP contribution < -0.4 is 10.9 Å². The fourth-order valence-corrected chi connectivity index (χ4v) is 3.24. The Morgan fingerprint density at radius 1 is 1.08 bits per heavy atom. The molecule has 0 saturated carbocycles. The second-order valence-corrected chi connectivity index (χ2v) is 8.41. The summed E-state index contributed by atoms with van der Waals surface area (Å²) in [4.78, 5) is 48.3. The van der Waals surface area contributed by atoms with E-state index in [4.69, 9.17) is 9.47 Å². The van der Waals surface area contributed by atoms with Crippen LogP contribution in [0.3, 0.4) is 0 Å². The summed E-state index contributed by atoms with van der Waals surface area (Å²) >= 11 is 0. The summed E-state index contributed by atoms with van der Waals surface area (Å²) in [7, 11) is 0. The van der Waals surface area contributed by atoms with Crippen LogP contribution in [-0.4, -0.2) is 65.2 Å². The van der Waals surface area contributed by atoms with Gasteiger partial charge in [-0.3, -0.25) is 19.3 Å². The number of benzene rings is 1. The summed E-state index contributed by atoms with van der Waals surface area (Å²) < 4.78 is 49.7. The van der Waals surface area contributed by atoms with Crippen molar-refractivity contribution >= 4 is 18.0 Å². The first-order chi connectivity index (χ1) is 17.2. The number of ether oxygens (including phenoxy) is 2. The van der Waals surface area contributed by atoms with Gasteiger partial charge in [-0.15, -0.1) is 4.73 Å². The third kappa shape index (κ3) is 8.85. The van der Waals surface area contributed by atoms with Crippen LogP contribution in [-0.2, 0) is 26.3 Å². The molecule has 0 aliphatic carbocycles. The smallest absolute Gasteiger partial charge is 0.411 e. The van der Waals surface area contributed by atoms with E-state index in [1.54, 1.807) is 31.2 Å². The molecule has 0 atom stereocenters. The number of pyridine rings is 1. The molecule has 0 bridgehead atoms. The summed E-state index contributed by atoms with van der Waals surface area (Å²) in [5.41, 5.74) is -1.51. The minimum atomic E-state index is -4.74. The number of nitrogens with one attached hydrogen (secondary N) is 1. The van der Waals surface area contributed by atoms with Gasteiger partial charge in [-0.1, -0.05) is 30.3 Å². The predicted molar refractivity (Wildman–Crippen MR) is 124 cm³/mol. The second-order valence-electron chi connectivity index (χ2n) is 8.41. The van der Waals surface area contributed by atoms with Gasteiger partial charge >= 0.3 is 18.2 Å². The van der Waals surface area contributed by atoms with Crippen LogP contribution >= 0.6 is 0 Å². The Kier molecular flexibility index (Phi) is 9.69. The van der Waals surface area contributed by atoms with Gasteiger partial charge in [0.05, 0.1) is 13.0 Å². The van der Waals surface area contributed by atoms with Gasteiger partial charge in [0, 0.05) is 19.2 Å². The van der Waals surface area contributed by atoms with Crippen LogP contribution in [0, 0.1) is 0 Å². The normalized spacial score (nSPS) is 11.5. The first-order valence-electron chi connectivity index (χ1n) is 11.2. The van der Waals surface area contributed by atoms with Gasteiger partial charge in [-0.05, 0) is 38.0 Å². The Labute approximate surface area is 210 Å². The Morgan fingerprint density at radius 2 is 1.73 bits per heavy atom. The number of halogens is 3. The van der Waals surface area contributed by atoms with Gasteiger partial charge in [-0.25, -0.2) is 4.79 Å². The lowest BCUT2D eigenvalue weighted by Gasteiger charge is -2.31. The molecule has 37 heavy (non-hydrogen) atoms. The van der Waals surface area contributed by atoms with Crippen LogP contribution in [0.5, 0.6) is 0 Å². The lowest BCUT2D eigenvalue weighted by molar-refractivity contribution is -0.145. The molecule has 13 heteroatoms. The van der Waals surface area contributed by atoms with Crippen molar-refractivity contribution in [2.45, 2.75) is 39.0 Å². The first kappa shape index (κ1) is 29.2. The molecule has 0 saturated heterocycles. The van der Waals surface area contributed by atoms with Gasteiger partial charge in [0.1, 0.15) is 17.8 Å². The number of nitrogens with zero attached hydrogens (tertiary/aromatic N) is 2. The molecule has 0 spiro atoms. The minimum Gasteiger partial charge on any atom is -0.466 e. The Balaban J connectivity index is 2.06. The number of hydrogen-bond donors (Lipinski definition) is 2. The highest BCUT2D eigenvalue weighted by atomic mass is 19.4. The van der Waals surface area contributed by atoms with Gasteiger partial charge in [0.25, 0.3) is 11.5 Å². The number of carbonyl (C=O) groups excluding carboxylic acids is 3. The third-order valence-electron chi connectivity index (χ3n) is 5.10. The van der Waals surface area contributed by atoms with Crippen LogP contribution in [0.4, 0.5) is 18.0 Å². The van der Waals surface area contributed by atoms with Crippen molar-refractivity contribution in [1.82, 2.24) is 14.9 Å². The highest BCUT2D eigenvalue weighted by Crippen LogP contribution is 2.27. The molecule has 0 fully saturated rings. The molecule has 2 rings (SSSR count). The number of aromatic nitrogens is 1. The molecule has 0 aliphatic heterocycles. The molecule has 0 unspecified atom stereocenters. The van der Waals surface area contributed by atoms with Gasteiger partial charge in [0.2, 0.25) is 0 Å². The van der Waals surface area contributed by atoms with E-state index < -0.39 is 60.6 Å². The predicted octanol–water partition coefficient (Wildman–Crippen LogP) is 2.86. The maximum atomic E-state index is 13.1. The average Bonchev–Trinajstić information content (AvgIpc) is 2.79. The molecular weight excluding hydrogens is 499 g/mol. The quantitative estimate of drug-likeness (QED) is 0.359. The number of hydrogen-bond acceptors (Lipinski definition) is 7. The lowest BCUT2D eigenvalue weighted by Crippen LogP contribution is -2.45. The Hall–Kier alpha value is -4.03. The van der Waals surface area contributed by atoms with E-state index in [0.717, 1.165) is 12.1 Å². The van der Waals surface area contributed by atoms with Gasteiger partial charge in [-0.2, -0.15) is 13.2 Å². The summed E-state index contributed by atoms with van der Waals surface area (Å²) in [6.07, 6.45) is -5.98. The molecule has 202 valence electrons. The van der Waals surface area contributed by atoms with Crippen molar-refractivity contribution in [2.75, 3.05) is 26.2 Å². The van der Waals surface area contributed by atoms with Crippen molar-refractivity contribution < 1.29 is 42.2 Å². The van der Waals surface area contributed by atoms with E-state index in [1.807, 2.05) is 0 Å². The fraction of sp³-hybridized carbons (Fsp3) is 0.417. The van der Waals surface area contributed by atoms with Crippen LogP contribution in [0.15, 0.2) is 47.3 Å². The fourth-order valence-electron chi connectivity index (χ4n) is 3.24. The molecule has 0 radical (unpaired) electrons. The molecule has 1 heterocycles. The summed E-state index contributed by atoms with van der Waals surface area (Å²) in [6.45, 7) is 2.30. The van der Waals surface area contributed by atoms with Crippen molar-refractivity contribution in [1.29, 1.82) is 0 Å². The number of carbonyl (C=O) groups is 3. The highest BCUT2D eigenvalue weighted by Gasteiger charge is 2.36. The highest BCUT2D eigenvalue weighted by molar-refractivity contribution is 5.92. The maximum absolute atomic E-state index is 13.1. The maximum Gasteiger partial charge on any atom is 0.411 e. The van der Waals surface area contributed by atoms with Crippen LogP contribution in [0.25, 0.3) is 0 Å². The van der Waals surface area contributed by atoms with E-state index in [-0.39, 0.29) is 17.8 Å².